The monoisotopic (exact) mass is 774 g/mol. The fourth-order valence-electron chi connectivity index (χ4n) is 3.28. The van der Waals surface area contributed by atoms with Crippen molar-refractivity contribution in [1.29, 1.82) is 0 Å². The Bertz CT molecular complexity index is 950. The van der Waals surface area contributed by atoms with E-state index in [0.717, 1.165) is 71.4 Å². The van der Waals surface area contributed by atoms with Crippen LogP contribution in [0.25, 0.3) is 0 Å². The molecule has 2 aromatic rings. The fourth-order valence-corrected chi connectivity index (χ4v) is 4.40. The van der Waals surface area contributed by atoms with E-state index in [1.165, 1.54) is 6.07 Å². The van der Waals surface area contributed by atoms with E-state index >= 15 is 0 Å². The standard InChI is InChI=1S/C13H20IN3O2.C9H12FIN2O.C4H9NO/c1-9(10(2)18)15-12-7-11(14)8-13(16-12)17-3-5-19-6-4-17;1-5(6(2)14)12-9-4-7(11)3-8(10)13-9;1-3-6-4-2-5-1/h7-10,18H,3-6H2,1-2H3,(H,15,16);3-6,14H,1-2H3,(H,12,13);5H,1-4H2/t9-,10-;5-,6-;/m11./s1. The van der Waals surface area contributed by atoms with Gasteiger partial charge < -0.3 is 40.5 Å². The van der Waals surface area contributed by atoms with Crippen molar-refractivity contribution in [2.75, 3.05) is 68.1 Å². The van der Waals surface area contributed by atoms with Gasteiger partial charge in [0.1, 0.15) is 17.5 Å². The quantitative estimate of drug-likeness (QED) is 0.212. The summed E-state index contributed by atoms with van der Waals surface area (Å²) < 4.78 is 25.1. The van der Waals surface area contributed by atoms with E-state index in [2.05, 4.69) is 59.5 Å². The third-order valence-electron chi connectivity index (χ3n) is 5.92. The van der Waals surface area contributed by atoms with Crippen molar-refractivity contribution in [3.8, 4) is 0 Å². The highest BCUT2D eigenvalue weighted by atomic mass is 127. The number of hydrogen-bond donors (Lipinski definition) is 5. The van der Waals surface area contributed by atoms with Crippen LogP contribution in [0.1, 0.15) is 27.7 Å². The van der Waals surface area contributed by atoms with E-state index in [1.54, 1.807) is 19.9 Å². The summed E-state index contributed by atoms with van der Waals surface area (Å²) >= 11 is 4.30. The number of aliphatic hydroxyl groups is 2. The van der Waals surface area contributed by atoms with Gasteiger partial charge >= 0.3 is 0 Å². The minimum atomic E-state index is -0.516. The first-order valence-electron chi connectivity index (χ1n) is 13.1. The Labute approximate surface area is 258 Å². The highest BCUT2D eigenvalue weighted by Gasteiger charge is 2.15. The summed E-state index contributed by atoms with van der Waals surface area (Å²) in [5.41, 5.74) is 0. The zero-order chi connectivity index (χ0) is 28.8. The fraction of sp³-hybridized carbons (Fsp3) is 0.615. The summed E-state index contributed by atoms with van der Waals surface area (Å²) in [5, 5.41) is 28.1. The van der Waals surface area contributed by atoms with Gasteiger partial charge in [0.25, 0.3) is 0 Å². The molecule has 0 spiro atoms. The number of aliphatic hydroxyl groups excluding tert-OH is 2. The Hall–Kier alpha value is -1.11. The predicted octanol–water partition coefficient (Wildman–Crippen LogP) is 3.32. The van der Waals surface area contributed by atoms with Crippen LogP contribution in [-0.2, 0) is 9.47 Å². The van der Waals surface area contributed by atoms with E-state index in [4.69, 9.17) is 9.47 Å². The lowest BCUT2D eigenvalue weighted by Gasteiger charge is -2.28. The van der Waals surface area contributed by atoms with Gasteiger partial charge in [-0.15, -0.1) is 0 Å². The maximum absolute atomic E-state index is 12.9. The van der Waals surface area contributed by atoms with Crippen LogP contribution < -0.4 is 20.9 Å². The Morgan fingerprint density at radius 2 is 1.31 bits per heavy atom. The van der Waals surface area contributed by atoms with E-state index in [9.17, 15) is 14.6 Å². The highest BCUT2D eigenvalue weighted by molar-refractivity contribution is 14.1. The molecule has 39 heavy (non-hydrogen) atoms. The van der Waals surface area contributed by atoms with Crippen LogP contribution >= 0.6 is 45.2 Å². The first-order chi connectivity index (χ1) is 18.5. The second kappa shape index (κ2) is 18.3. The summed E-state index contributed by atoms with van der Waals surface area (Å²) in [7, 11) is 0. The molecule has 2 aromatic heterocycles. The van der Waals surface area contributed by atoms with Crippen molar-refractivity contribution in [1.82, 2.24) is 15.3 Å². The molecule has 0 unspecified atom stereocenters. The maximum Gasteiger partial charge on any atom is 0.215 e. The van der Waals surface area contributed by atoms with Gasteiger partial charge in [-0.2, -0.15) is 4.39 Å². The largest absolute Gasteiger partial charge is 0.391 e. The van der Waals surface area contributed by atoms with Crippen molar-refractivity contribution in [2.45, 2.75) is 52.0 Å². The van der Waals surface area contributed by atoms with Crippen LogP contribution in [0.5, 0.6) is 0 Å². The van der Waals surface area contributed by atoms with Crippen molar-refractivity contribution in [2.24, 2.45) is 0 Å². The third-order valence-corrected chi connectivity index (χ3v) is 7.16. The summed E-state index contributed by atoms with van der Waals surface area (Å²) in [6, 6.07) is 6.96. The number of pyridine rings is 2. The molecular weight excluding hydrogens is 733 g/mol. The SMILES string of the molecule is C1COCCN1.C[C@@H](O)[C@@H](C)Nc1cc(I)cc(F)n1.C[C@@H](O)[C@@H](C)Nc1cc(I)cc(N2CCOCC2)n1. The molecule has 2 saturated heterocycles. The molecule has 0 saturated carbocycles. The Balaban J connectivity index is 0.000000232. The minimum absolute atomic E-state index is 0.0248. The van der Waals surface area contributed by atoms with Gasteiger partial charge in [-0.25, -0.2) is 9.97 Å². The van der Waals surface area contributed by atoms with Crippen LogP contribution in [0, 0.1) is 13.1 Å². The molecule has 2 aliphatic rings. The van der Waals surface area contributed by atoms with E-state index < -0.39 is 18.2 Å². The second-order valence-electron chi connectivity index (χ2n) is 9.33. The molecule has 13 heteroatoms. The van der Waals surface area contributed by atoms with Crippen LogP contribution in [0.15, 0.2) is 24.3 Å². The van der Waals surface area contributed by atoms with Crippen LogP contribution in [0.4, 0.5) is 21.8 Å². The number of nitrogens with one attached hydrogen (secondary N) is 3. The Morgan fingerprint density at radius 3 is 1.74 bits per heavy atom. The van der Waals surface area contributed by atoms with E-state index in [0.29, 0.717) is 5.82 Å². The van der Waals surface area contributed by atoms with Crippen LogP contribution in [0.3, 0.4) is 0 Å². The van der Waals surface area contributed by atoms with Gasteiger partial charge in [0.05, 0.1) is 50.7 Å². The lowest BCUT2D eigenvalue weighted by atomic mass is 10.2. The molecule has 2 fully saturated rings. The van der Waals surface area contributed by atoms with Crippen molar-refractivity contribution in [3.05, 3.63) is 37.4 Å². The number of nitrogens with zero attached hydrogens (tertiary/aromatic N) is 3. The average Bonchev–Trinajstić information content (AvgIpc) is 2.90. The van der Waals surface area contributed by atoms with Crippen LogP contribution in [-0.4, -0.2) is 97.1 Å². The Morgan fingerprint density at radius 1 is 0.821 bits per heavy atom. The van der Waals surface area contributed by atoms with Crippen molar-refractivity contribution >= 4 is 62.6 Å². The maximum atomic E-state index is 12.9. The molecular formula is C26H41FI2N6O4. The molecule has 4 atom stereocenters. The number of halogens is 3. The van der Waals surface area contributed by atoms with Gasteiger partial charge in [-0.1, -0.05) is 0 Å². The lowest BCUT2D eigenvalue weighted by molar-refractivity contribution is 0.109. The molecule has 0 radical (unpaired) electrons. The molecule has 0 bridgehead atoms. The van der Waals surface area contributed by atoms with E-state index in [1.807, 2.05) is 42.5 Å². The molecule has 0 aromatic carbocycles. The molecule has 4 rings (SSSR count). The molecule has 220 valence electrons. The van der Waals surface area contributed by atoms with Crippen LogP contribution in [0.2, 0.25) is 0 Å². The topological polar surface area (TPSA) is 124 Å². The first kappa shape index (κ1) is 34.1. The zero-order valence-corrected chi connectivity index (χ0v) is 27.3. The van der Waals surface area contributed by atoms with Gasteiger partial charge in [0.2, 0.25) is 5.95 Å². The summed E-state index contributed by atoms with van der Waals surface area (Å²) in [6.45, 7) is 14.3. The second-order valence-corrected chi connectivity index (χ2v) is 11.8. The molecule has 0 amide bonds. The number of ether oxygens (including phenoxy) is 2. The minimum Gasteiger partial charge on any atom is -0.391 e. The third kappa shape index (κ3) is 13.9. The first-order valence-corrected chi connectivity index (χ1v) is 15.2. The van der Waals surface area contributed by atoms with Gasteiger partial charge in [0.15, 0.2) is 0 Å². The van der Waals surface area contributed by atoms with Gasteiger partial charge in [-0.05, 0) is 91.1 Å². The number of rotatable bonds is 7. The number of anilines is 3. The van der Waals surface area contributed by atoms with Crippen molar-refractivity contribution in [3.63, 3.8) is 0 Å². The average molecular weight is 774 g/mol. The number of aromatic nitrogens is 2. The number of morpholine rings is 2. The smallest absolute Gasteiger partial charge is 0.215 e. The number of hydrogen-bond acceptors (Lipinski definition) is 10. The Kier molecular flexibility index (Phi) is 16.0. The lowest BCUT2D eigenvalue weighted by Crippen LogP contribution is -2.37. The molecule has 10 nitrogen and oxygen atoms in total. The molecule has 0 aliphatic carbocycles. The highest BCUT2D eigenvalue weighted by Crippen LogP contribution is 2.21. The van der Waals surface area contributed by atoms with Crippen molar-refractivity contribution < 1.29 is 24.1 Å². The summed E-state index contributed by atoms with van der Waals surface area (Å²) in [5.74, 6) is 1.71. The van der Waals surface area contributed by atoms with Gasteiger partial charge in [0, 0.05) is 39.4 Å². The summed E-state index contributed by atoms with van der Waals surface area (Å²) in [4.78, 5) is 10.5. The summed E-state index contributed by atoms with van der Waals surface area (Å²) in [6.07, 6.45) is -0.913. The van der Waals surface area contributed by atoms with Gasteiger partial charge in [-0.3, -0.25) is 0 Å². The predicted molar refractivity (Wildman–Crippen MR) is 170 cm³/mol. The zero-order valence-electron chi connectivity index (χ0n) is 23.0. The normalized spacial score (nSPS) is 18.3. The molecule has 2 aliphatic heterocycles. The molecule has 5 N–H and O–H groups in total. The van der Waals surface area contributed by atoms with E-state index in [-0.39, 0.29) is 12.1 Å². The molecule has 4 heterocycles.